The van der Waals surface area contributed by atoms with Gasteiger partial charge in [-0.15, -0.1) is 11.3 Å². The molecule has 4 nitrogen and oxygen atoms in total. The van der Waals surface area contributed by atoms with Gasteiger partial charge in [-0.25, -0.2) is 4.98 Å². The molecule has 9 aromatic carbocycles. The zero-order valence-corrected chi connectivity index (χ0v) is 31.3. The van der Waals surface area contributed by atoms with Crippen molar-refractivity contribution in [2.45, 2.75) is 0 Å². The Morgan fingerprint density at radius 1 is 0.431 bits per heavy atom. The van der Waals surface area contributed by atoms with Gasteiger partial charge in [0.25, 0.3) is 0 Å². The van der Waals surface area contributed by atoms with E-state index in [-0.39, 0.29) is 78.3 Å². The van der Waals surface area contributed by atoms with Gasteiger partial charge in [0.05, 0.1) is 23.4 Å². The molecule has 0 N–H and O–H groups in total. The maximum atomic E-state index is 9.50. The minimum absolute atomic E-state index is 0.00352. The molecule has 3 aromatic heterocycles. The van der Waals surface area contributed by atoms with Crippen molar-refractivity contribution in [3.05, 3.63) is 194 Å². The topological polar surface area (TPSA) is 43.6 Å². The van der Waals surface area contributed by atoms with Crippen LogP contribution < -0.4 is 0 Å². The van der Waals surface area contributed by atoms with Gasteiger partial charge in [-0.1, -0.05) is 164 Å². The van der Waals surface area contributed by atoms with Crippen molar-refractivity contribution in [3.8, 4) is 51.0 Å². The normalized spacial score (nSPS) is 14.0. The fourth-order valence-electron chi connectivity index (χ4n) is 8.04. The highest BCUT2D eigenvalue weighted by molar-refractivity contribution is 7.26. The molecule has 58 heavy (non-hydrogen) atoms. The molecule has 0 aliphatic rings. The fourth-order valence-corrected chi connectivity index (χ4v) is 9.16. The molecule has 3 heterocycles. The minimum Gasteiger partial charge on any atom is -0.278 e. The first-order valence-electron chi connectivity index (χ1n) is 23.3. The quantitative estimate of drug-likeness (QED) is 0.175. The molecule has 0 unspecified atom stereocenters. The average Bonchev–Trinajstić information content (AvgIpc) is 3.92. The van der Waals surface area contributed by atoms with Gasteiger partial charge in [0.15, 0.2) is 11.6 Å². The number of aromatic nitrogens is 4. The summed E-state index contributed by atoms with van der Waals surface area (Å²) in [5, 5.41) is 4.51. The average molecular weight is 766 g/mol. The van der Waals surface area contributed by atoms with Crippen molar-refractivity contribution in [1.82, 2.24) is 19.5 Å². The van der Waals surface area contributed by atoms with Crippen LogP contribution in [-0.4, -0.2) is 19.5 Å². The maximum absolute atomic E-state index is 9.50. The molecule has 0 aliphatic heterocycles. The third-order valence-corrected chi connectivity index (χ3v) is 11.9. The minimum atomic E-state index is -0.521. The van der Waals surface area contributed by atoms with E-state index in [1.807, 2.05) is 89.5 Å². The summed E-state index contributed by atoms with van der Waals surface area (Å²) in [7, 11) is 0. The first-order chi connectivity index (χ1) is 32.5. The number of para-hydroxylation sites is 2. The lowest BCUT2D eigenvalue weighted by Gasteiger charge is -2.12. The van der Waals surface area contributed by atoms with Crippen LogP contribution in [0.3, 0.4) is 0 Å². The summed E-state index contributed by atoms with van der Waals surface area (Å²) in [5.41, 5.74) is 6.38. The predicted octanol–water partition coefficient (Wildman–Crippen LogP) is 14.3. The van der Waals surface area contributed by atoms with Gasteiger partial charge in [-0.2, -0.15) is 9.97 Å². The van der Waals surface area contributed by atoms with Crippen LogP contribution in [0.25, 0.3) is 115 Å². The first kappa shape index (κ1) is 24.9. The molecular formula is C53H32N4S. The van der Waals surface area contributed by atoms with E-state index in [2.05, 4.69) is 54.6 Å². The molecule has 0 spiro atoms. The fraction of sp³-hybridized carbons (Fsp3) is 0. The Balaban J connectivity index is 1.11. The van der Waals surface area contributed by atoms with Gasteiger partial charge in [0.2, 0.25) is 5.95 Å². The second-order valence-electron chi connectivity index (χ2n) is 14.1. The largest absolute Gasteiger partial charge is 0.278 e. The molecule has 0 atom stereocenters. The highest BCUT2D eigenvalue weighted by Gasteiger charge is 2.20. The molecule has 0 radical (unpaired) electrons. The Bertz CT molecular complexity index is 4060. The van der Waals surface area contributed by atoms with Gasteiger partial charge < -0.3 is 0 Å². The molecule has 12 rings (SSSR count). The van der Waals surface area contributed by atoms with Crippen LogP contribution in [0, 0.1) is 0 Å². The number of hydrogen-bond donors (Lipinski definition) is 0. The zero-order chi connectivity index (χ0) is 46.0. The van der Waals surface area contributed by atoms with Crippen LogP contribution >= 0.6 is 11.3 Å². The lowest BCUT2D eigenvalue weighted by Crippen LogP contribution is -2.06. The highest BCUT2D eigenvalue weighted by Crippen LogP contribution is 2.43. The van der Waals surface area contributed by atoms with Crippen molar-refractivity contribution < 1.29 is 12.3 Å². The van der Waals surface area contributed by atoms with Gasteiger partial charge in [0, 0.05) is 42.1 Å². The Kier molecular flexibility index (Phi) is 5.61. The summed E-state index contributed by atoms with van der Waals surface area (Å²) in [6.07, 6.45) is 0. The molecule has 0 saturated heterocycles. The van der Waals surface area contributed by atoms with Gasteiger partial charge in [0.1, 0.15) is 0 Å². The van der Waals surface area contributed by atoms with Gasteiger partial charge in [-0.05, 0) is 74.1 Å². The summed E-state index contributed by atoms with van der Waals surface area (Å²) in [4.78, 5) is 15.3. The molecule has 0 fully saturated rings. The third kappa shape index (κ3) is 5.25. The molecule has 0 saturated carbocycles. The van der Waals surface area contributed by atoms with E-state index in [4.69, 9.17) is 24.5 Å². The Labute approximate surface area is 350 Å². The molecular weight excluding hydrogens is 725 g/mol. The van der Waals surface area contributed by atoms with Crippen molar-refractivity contribution in [2.75, 3.05) is 0 Å². The Hall–Kier alpha value is -7.47. The molecule has 0 amide bonds. The number of nitrogens with zero attached hydrogens (tertiary/aromatic N) is 4. The second-order valence-corrected chi connectivity index (χ2v) is 15.2. The maximum Gasteiger partial charge on any atom is 0.238 e. The van der Waals surface area contributed by atoms with E-state index in [1.54, 1.807) is 0 Å². The summed E-state index contributed by atoms with van der Waals surface area (Å²) >= 11 is 0.997. The highest BCUT2D eigenvalue weighted by atomic mass is 32.1. The van der Waals surface area contributed by atoms with Crippen LogP contribution in [0.15, 0.2) is 194 Å². The van der Waals surface area contributed by atoms with Crippen LogP contribution in [0.4, 0.5) is 0 Å². The van der Waals surface area contributed by atoms with Gasteiger partial charge in [-0.3, -0.25) is 4.57 Å². The monoisotopic (exact) mass is 765 g/mol. The predicted molar refractivity (Wildman–Crippen MR) is 244 cm³/mol. The van der Waals surface area contributed by atoms with E-state index in [1.165, 1.54) is 10.8 Å². The third-order valence-electron chi connectivity index (χ3n) is 10.8. The van der Waals surface area contributed by atoms with Crippen LogP contribution in [0.5, 0.6) is 0 Å². The van der Waals surface area contributed by atoms with Crippen molar-refractivity contribution in [1.29, 1.82) is 0 Å². The first-order valence-corrected chi connectivity index (χ1v) is 19.6. The smallest absolute Gasteiger partial charge is 0.238 e. The van der Waals surface area contributed by atoms with E-state index in [0.29, 0.717) is 5.56 Å². The Morgan fingerprint density at radius 3 is 1.91 bits per heavy atom. The molecule has 270 valence electrons. The van der Waals surface area contributed by atoms with Gasteiger partial charge >= 0.3 is 0 Å². The van der Waals surface area contributed by atoms with E-state index >= 15 is 0 Å². The number of rotatable bonds is 5. The lowest BCUT2D eigenvalue weighted by atomic mass is 9.97. The standard InChI is InChI=1S/C53H32N4S/c1-2-13-37-31-39(28-27-33(37)11-1)35-25-23-34(24-26-35)38-14-9-15-40(32-38)51-54-52(56-53(55-51)57-46-20-7-5-17-42(46)43-18-6-8-21-47(43)57)45-19-10-22-48-49(45)44-30-29-36-12-3-4-16-41(36)50(44)58-48/h1-32H/i3D,4D,10D,12D,16D,19D,22D,29D,30D. The number of benzene rings is 9. The Morgan fingerprint density at radius 2 is 1.10 bits per heavy atom. The van der Waals surface area contributed by atoms with E-state index < -0.39 is 30.2 Å². The second kappa shape index (κ2) is 13.1. The summed E-state index contributed by atoms with van der Waals surface area (Å²) < 4.78 is 83.1. The van der Waals surface area contributed by atoms with Crippen molar-refractivity contribution >= 4 is 74.9 Å². The van der Waals surface area contributed by atoms with Crippen molar-refractivity contribution in [3.63, 3.8) is 0 Å². The molecule has 12 aromatic rings. The summed E-state index contributed by atoms with van der Waals surface area (Å²) in [6, 6.07) is 43.1. The van der Waals surface area contributed by atoms with E-state index in [9.17, 15) is 2.74 Å². The lowest BCUT2D eigenvalue weighted by molar-refractivity contribution is 0.954. The number of fused-ring (bicyclic) bond motifs is 9. The van der Waals surface area contributed by atoms with Crippen LogP contribution in [0.1, 0.15) is 12.3 Å². The number of hydrogen-bond acceptors (Lipinski definition) is 4. The zero-order valence-electron chi connectivity index (χ0n) is 39.5. The van der Waals surface area contributed by atoms with Crippen molar-refractivity contribution in [2.24, 2.45) is 0 Å². The molecule has 5 heteroatoms. The van der Waals surface area contributed by atoms with Crippen LogP contribution in [-0.2, 0) is 0 Å². The van der Waals surface area contributed by atoms with E-state index in [0.717, 1.165) is 55.4 Å². The number of thiophene rings is 1. The summed E-state index contributed by atoms with van der Waals surface area (Å²) in [6.45, 7) is 0. The summed E-state index contributed by atoms with van der Waals surface area (Å²) in [5.74, 6) is 0.482. The molecule has 0 bridgehead atoms. The van der Waals surface area contributed by atoms with Crippen LogP contribution in [0.2, 0.25) is 0 Å². The SMILES string of the molecule is [2H]c1c([2H])c(-c2nc(-c3cccc(-c4ccc(-c5ccc6ccccc6c5)cc4)c3)nc(-n3c4ccccc4c4ccccc43)n2)c2c(sc3c4c([2H])c([2H])c([2H])c([2H])c4c([2H])c([2H])c32)c1[2H]. The molecule has 0 aliphatic carbocycles.